The molecule has 0 aliphatic rings. The van der Waals surface area contributed by atoms with Crippen LogP contribution in [0.1, 0.15) is 21.6 Å². The normalized spacial score (nSPS) is 10.9. The van der Waals surface area contributed by atoms with E-state index in [-0.39, 0.29) is 5.78 Å². The maximum Gasteiger partial charge on any atom is 0.210 e. The van der Waals surface area contributed by atoms with E-state index in [2.05, 4.69) is 0 Å². The number of hydrogen-bond donors (Lipinski definition) is 2. The van der Waals surface area contributed by atoms with Crippen LogP contribution in [0, 0.1) is 6.92 Å². The number of nitrogens with two attached hydrogens (primary N) is 2. The average molecular weight is 401 g/mol. The first-order chi connectivity index (χ1) is 14.4. The lowest BCUT2D eigenvalue weighted by molar-refractivity contribution is 0.103. The number of methoxy groups -OCH3 is 2. The molecule has 6 heteroatoms. The second kappa shape index (κ2) is 7.48. The largest absolute Gasteiger partial charge is 0.497 e. The highest BCUT2D eigenvalue weighted by Crippen LogP contribution is 2.36. The Morgan fingerprint density at radius 2 is 1.67 bits per heavy atom. The number of nitrogen functional groups attached to an aromatic ring is 2. The summed E-state index contributed by atoms with van der Waals surface area (Å²) in [4.78, 5) is 13.5. The van der Waals surface area contributed by atoms with Crippen LogP contribution in [0.4, 0.5) is 11.4 Å². The number of ketones is 1. The topological polar surface area (TPSA) is 92.0 Å². The van der Waals surface area contributed by atoms with Crippen LogP contribution in [0.25, 0.3) is 16.6 Å². The molecule has 2 aromatic carbocycles. The monoisotopic (exact) mass is 401 g/mol. The fourth-order valence-electron chi connectivity index (χ4n) is 3.79. The fourth-order valence-corrected chi connectivity index (χ4v) is 3.79. The lowest BCUT2D eigenvalue weighted by Crippen LogP contribution is -2.08. The zero-order valence-electron chi connectivity index (χ0n) is 17.1. The van der Waals surface area contributed by atoms with Crippen molar-refractivity contribution in [1.82, 2.24) is 4.40 Å². The lowest BCUT2D eigenvalue weighted by Gasteiger charge is -2.08. The smallest absolute Gasteiger partial charge is 0.210 e. The minimum atomic E-state index is -0.133. The van der Waals surface area contributed by atoms with Gasteiger partial charge in [-0.15, -0.1) is 0 Å². The molecule has 30 heavy (non-hydrogen) atoms. The number of benzene rings is 2. The van der Waals surface area contributed by atoms with Crippen molar-refractivity contribution in [1.29, 1.82) is 0 Å². The van der Waals surface area contributed by atoms with E-state index in [4.69, 9.17) is 20.9 Å². The maximum absolute atomic E-state index is 13.5. The van der Waals surface area contributed by atoms with Gasteiger partial charge in [0.25, 0.3) is 0 Å². The van der Waals surface area contributed by atoms with Crippen LogP contribution in [-0.2, 0) is 0 Å². The zero-order valence-corrected chi connectivity index (χ0v) is 17.1. The summed E-state index contributed by atoms with van der Waals surface area (Å²) in [5.41, 5.74) is 17.8. The van der Waals surface area contributed by atoms with Crippen molar-refractivity contribution in [3.05, 3.63) is 77.6 Å². The highest BCUT2D eigenvalue weighted by atomic mass is 16.5. The molecule has 6 nitrogen and oxygen atoms in total. The zero-order chi connectivity index (χ0) is 21.4. The summed E-state index contributed by atoms with van der Waals surface area (Å²) < 4.78 is 12.4. The van der Waals surface area contributed by atoms with Gasteiger partial charge < -0.3 is 25.3 Å². The molecule has 0 atom stereocenters. The Morgan fingerprint density at radius 1 is 0.933 bits per heavy atom. The van der Waals surface area contributed by atoms with E-state index in [0.717, 1.165) is 28.0 Å². The quantitative estimate of drug-likeness (QED) is 0.384. The van der Waals surface area contributed by atoms with Crippen LogP contribution in [0.15, 0.2) is 60.8 Å². The molecule has 0 fully saturated rings. The molecular formula is C24H23N3O3. The minimum Gasteiger partial charge on any atom is -0.497 e. The van der Waals surface area contributed by atoms with Crippen molar-refractivity contribution in [2.75, 3.05) is 25.7 Å². The second-order valence-corrected chi connectivity index (χ2v) is 7.08. The SMILES string of the molecule is COc1ccc(-c2c(C)c(C(=O)c3ccc(N)c(OC)c3)n3cc(N)ccc23)cc1. The summed E-state index contributed by atoms with van der Waals surface area (Å²) in [6.45, 7) is 1.95. The predicted octanol–water partition coefficient (Wildman–Crippen LogP) is 4.33. The van der Waals surface area contributed by atoms with Gasteiger partial charge in [0.2, 0.25) is 5.78 Å². The molecule has 4 rings (SSSR count). The van der Waals surface area contributed by atoms with Crippen LogP contribution >= 0.6 is 0 Å². The van der Waals surface area contributed by atoms with Gasteiger partial charge in [0.15, 0.2) is 0 Å². The van der Waals surface area contributed by atoms with Crippen LogP contribution in [0.2, 0.25) is 0 Å². The molecule has 0 bridgehead atoms. The number of carbonyl (C=O) groups is 1. The molecule has 0 unspecified atom stereocenters. The summed E-state index contributed by atoms with van der Waals surface area (Å²) in [6.07, 6.45) is 1.77. The van der Waals surface area contributed by atoms with Gasteiger partial charge >= 0.3 is 0 Å². The molecule has 0 saturated heterocycles. The number of carbonyl (C=O) groups excluding carboxylic acids is 1. The van der Waals surface area contributed by atoms with Gasteiger partial charge in [-0.1, -0.05) is 12.1 Å². The van der Waals surface area contributed by atoms with Gasteiger partial charge in [0, 0.05) is 23.0 Å². The number of fused-ring (bicyclic) bond motifs is 1. The highest BCUT2D eigenvalue weighted by Gasteiger charge is 2.23. The van der Waals surface area contributed by atoms with Crippen LogP contribution in [0.5, 0.6) is 11.5 Å². The Labute approximate surface area is 174 Å². The van der Waals surface area contributed by atoms with Gasteiger partial charge in [0.05, 0.1) is 31.1 Å². The van der Waals surface area contributed by atoms with Crippen molar-refractivity contribution in [3.8, 4) is 22.6 Å². The van der Waals surface area contributed by atoms with Gasteiger partial charge in [-0.05, 0) is 60.5 Å². The van der Waals surface area contributed by atoms with Crippen molar-refractivity contribution < 1.29 is 14.3 Å². The van der Waals surface area contributed by atoms with Gasteiger partial charge in [-0.3, -0.25) is 4.79 Å². The van der Waals surface area contributed by atoms with Crippen molar-refractivity contribution in [2.24, 2.45) is 0 Å². The van der Waals surface area contributed by atoms with Crippen LogP contribution in [0.3, 0.4) is 0 Å². The third kappa shape index (κ3) is 3.12. The molecule has 4 aromatic rings. The number of rotatable bonds is 5. The first kappa shape index (κ1) is 19.4. The Hall–Kier alpha value is -3.93. The third-order valence-electron chi connectivity index (χ3n) is 5.29. The number of ether oxygens (including phenoxy) is 2. The highest BCUT2D eigenvalue weighted by molar-refractivity contribution is 6.12. The number of pyridine rings is 1. The van der Waals surface area contributed by atoms with Crippen molar-refractivity contribution >= 4 is 22.7 Å². The first-order valence-electron chi connectivity index (χ1n) is 9.47. The van der Waals surface area contributed by atoms with E-state index in [1.807, 2.05) is 47.7 Å². The lowest BCUT2D eigenvalue weighted by atomic mass is 9.99. The molecule has 0 amide bonds. The molecule has 0 radical (unpaired) electrons. The summed E-state index contributed by atoms with van der Waals surface area (Å²) >= 11 is 0. The van der Waals surface area contributed by atoms with Crippen molar-refractivity contribution in [3.63, 3.8) is 0 Å². The van der Waals surface area contributed by atoms with E-state index in [0.29, 0.717) is 28.4 Å². The number of nitrogens with zero attached hydrogens (tertiary/aromatic N) is 1. The first-order valence-corrected chi connectivity index (χ1v) is 9.47. The second-order valence-electron chi connectivity index (χ2n) is 7.08. The molecular weight excluding hydrogens is 378 g/mol. The molecule has 2 heterocycles. The molecule has 152 valence electrons. The third-order valence-corrected chi connectivity index (χ3v) is 5.29. The number of hydrogen-bond acceptors (Lipinski definition) is 5. The van der Waals surface area contributed by atoms with E-state index in [9.17, 15) is 4.79 Å². The molecule has 0 aliphatic carbocycles. The number of aromatic nitrogens is 1. The molecule has 0 saturated carbocycles. The van der Waals surface area contributed by atoms with Crippen LogP contribution in [-0.4, -0.2) is 24.4 Å². The van der Waals surface area contributed by atoms with Crippen LogP contribution < -0.4 is 20.9 Å². The molecule has 0 aliphatic heterocycles. The molecule has 4 N–H and O–H groups in total. The summed E-state index contributed by atoms with van der Waals surface area (Å²) in [7, 11) is 3.16. The average Bonchev–Trinajstić information content (AvgIpc) is 3.04. The summed E-state index contributed by atoms with van der Waals surface area (Å²) in [5.74, 6) is 1.11. The molecule has 0 spiro atoms. The fraction of sp³-hybridized carbons (Fsp3) is 0.125. The molecule has 2 aromatic heterocycles. The van der Waals surface area contributed by atoms with Gasteiger partial charge in [-0.2, -0.15) is 0 Å². The summed E-state index contributed by atoms with van der Waals surface area (Å²) in [6, 6.07) is 16.6. The van der Waals surface area contributed by atoms with E-state index >= 15 is 0 Å². The standard InChI is InChI=1S/C24H23N3O3/c1-14-22(15-4-8-18(29-2)9-5-15)20-11-7-17(25)13-27(20)23(14)24(28)16-6-10-19(26)21(12-16)30-3/h4-13H,25-26H2,1-3H3. The Balaban J connectivity index is 1.95. The maximum atomic E-state index is 13.5. The number of anilines is 2. The van der Waals surface area contributed by atoms with E-state index in [1.165, 1.54) is 7.11 Å². The van der Waals surface area contributed by atoms with E-state index < -0.39 is 0 Å². The Kier molecular flexibility index (Phi) is 4.83. The van der Waals surface area contributed by atoms with Gasteiger partial charge in [-0.25, -0.2) is 0 Å². The van der Waals surface area contributed by atoms with Gasteiger partial charge in [0.1, 0.15) is 11.5 Å². The summed E-state index contributed by atoms with van der Waals surface area (Å²) in [5, 5.41) is 0. The van der Waals surface area contributed by atoms with E-state index in [1.54, 1.807) is 31.5 Å². The minimum absolute atomic E-state index is 0.133. The van der Waals surface area contributed by atoms with Crippen molar-refractivity contribution in [2.45, 2.75) is 6.92 Å². The predicted molar refractivity (Wildman–Crippen MR) is 119 cm³/mol. The Bertz CT molecular complexity index is 1260. The Morgan fingerprint density at radius 3 is 2.33 bits per heavy atom.